The van der Waals surface area contributed by atoms with E-state index in [0.717, 1.165) is 0 Å². The second-order valence-corrected chi connectivity index (χ2v) is 9.01. The monoisotopic (exact) mass is 458 g/mol. The average molecular weight is 459 g/mol. The highest BCUT2D eigenvalue weighted by atomic mass is 32.2. The number of pyridine rings is 1. The Morgan fingerprint density at radius 1 is 1.32 bits per heavy atom. The summed E-state index contributed by atoms with van der Waals surface area (Å²) in [7, 11) is 1.62. The van der Waals surface area contributed by atoms with Crippen LogP contribution in [0.5, 0.6) is 0 Å². The van der Waals surface area contributed by atoms with Crippen molar-refractivity contribution in [2.45, 2.75) is 19.8 Å². The summed E-state index contributed by atoms with van der Waals surface area (Å²) in [6.45, 7) is 3.29. The molecule has 162 valence electrons. The predicted molar refractivity (Wildman–Crippen MR) is 124 cm³/mol. The molecular formula is C21H22N4O4S2. The topological polar surface area (TPSA) is 84.2 Å². The van der Waals surface area contributed by atoms with Gasteiger partial charge in [-0.15, -0.1) is 0 Å². The number of carbonyl (C=O) groups excluding carboxylic acids is 2. The largest absolute Gasteiger partial charge is 0.466 e. The predicted octanol–water partition coefficient (Wildman–Crippen LogP) is 2.31. The van der Waals surface area contributed by atoms with Crippen LogP contribution in [0.2, 0.25) is 0 Å². The van der Waals surface area contributed by atoms with Gasteiger partial charge in [0.2, 0.25) is 0 Å². The molecule has 0 bridgehead atoms. The second kappa shape index (κ2) is 8.80. The quantitative estimate of drug-likeness (QED) is 0.392. The van der Waals surface area contributed by atoms with E-state index < -0.39 is 0 Å². The fraction of sp³-hybridized carbons (Fsp3) is 0.381. The number of hydrogen-bond acceptors (Lipinski definition) is 8. The van der Waals surface area contributed by atoms with E-state index in [1.807, 2.05) is 11.0 Å². The Kier molecular flexibility index (Phi) is 6.10. The van der Waals surface area contributed by atoms with Crippen molar-refractivity contribution in [3.05, 3.63) is 45.2 Å². The number of likely N-dealkylation sites (N-methyl/N-ethyl adjacent to an activating group) is 1. The minimum atomic E-state index is -0.255. The van der Waals surface area contributed by atoms with Gasteiger partial charge in [-0.3, -0.25) is 23.7 Å². The zero-order valence-corrected chi connectivity index (χ0v) is 18.9. The first-order valence-electron chi connectivity index (χ1n) is 10.0. The zero-order chi connectivity index (χ0) is 22.1. The van der Waals surface area contributed by atoms with Crippen LogP contribution in [0.25, 0.3) is 11.7 Å². The van der Waals surface area contributed by atoms with E-state index >= 15 is 0 Å². The number of ether oxygens (including phenoxy) is 1. The van der Waals surface area contributed by atoms with Gasteiger partial charge in [-0.1, -0.05) is 30.0 Å². The fourth-order valence-corrected chi connectivity index (χ4v) is 4.88. The Morgan fingerprint density at radius 2 is 2.06 bits per heavy atom. The highest BCUT2D eigenvalue weighted by Gasteiger charge is 2.31. The molecule has 1 amide bonds. The van der Waals surface area contributed by atoms with Gasteiger partial charge >= 0.3 is 5.97 Å². The number of carbonyl (C=O) groups is 2. The van der Waals surface area contributed by atoms with Crippen molar-refractivity contribution in [2.75, 3.05) is 31.6 Å². The molecule has 2 aromatic heterocycles. The van der Waals surface area contributed by atoms with Crippen molar-refractivity contribution in [3.8, 4) is 0 Å². The molecule has 2 fully saturated rings. The molecule has 2 aliphatic rings. The number of amides is 1. The van der Waals surface area contributed by atoms with Crippen LogP contribution in [0.4, 0.5) is 5.82 Å². The van der Waals surface area contributed by atoms with Gasteiger partial charge in [0, 0.05) is 26.3 Å². The van der Waals surface area contributed by atoms with Crippen molar-refractivity contribution in [3.63, 3.8) is 0 Å². The summed E-state index contributed by atoms with van der Waals surface area (Å²) < 4.78 is 7.06. The Labute approximate surface area is 188 Å². The number of thioether (sulfide) groups is 1. The standard InChI is InChI=1S/C21H22N4O4S2/c1-3-29-20(28)13-7-10-24(11-8-13)17-14(12-15-19(27)23(2)21(30)31-15)18(26)25-9-5-4-6-16(25)22-17/h4-6,9,12-13H,3,7-8,10-11H2,1-2H3/b15-12-. The van der Waals surface area contributed by atoms with E-state index in [-0.39, 0.29) is 23.4 Å². The number of fused-ring (bicyclic) bond motifs is 1. The number of rotatable bonds is 4. The summed E-state index contributed by atoms with van der Waals surface area (Å²) in [6.07, 6.45) is 4.48. The maximum atomic E-state index is 13.3. The lowest BCUT2D eigenvalue weighted by Crippen LogP contribution is -2.39. The van der Waals surface area contributed by atoms with E-state index in [1.54, 1.807) is 38.4 Å². The van der Waals surface area contributed by atoms with Gasteiger partial charge in [-0.05, 0) is 38.0 Å². The Balaban J connectivity index is 1.74. The number of anilines is 1. The van der Waals surface area contributed by atoms with Crippen LogP contribution >= 0.6 is 24.0 Å². The van der Waals surface area contributed by atoms with E-state index in [2.05, 4.69) is 0 Å². The van der Waals surface area contributed by atoms with Crippen LogP contribution < -0.4 is 10.5 Å². The van der Waals surface area contributed by atoms with Crippen molar-refractivity contribution in [2.24, 2.45) is 5.92 Å². The molecular weight excluding hydrogens is 436 g/mol. The van der Waals surface area contributed by atoms with Crippen molar-refractivity contribution in [1.82, 2.24) is 14.3 Å². The van der Waals surface area contributed by atoms with Crippen LogP contribution in [0.3, 0.4) is 0 Å². The molecule has 10 heteroatoms. The second-order valence-electron chi connectivity index (χ2n) is 7.34. The highest BCUT2D eigenvalue weighted by Crippen LogP contribution is 2.33. The molecule has 0 N–H and O–H groups in total. The summed E-state index contributed by atoms with van der Waals surface area (Å²) in [6, 6.07) is 5.35. The number of aromatic nitrogens is 2. The van der Waals surface area contributed by atoms with E-state index in [9.17, 15) is 14.4 Å². The van der Waals surface area contributed by atoms with Gasteiger partial charge < -0.3 is 9.64 Å². The first-order chi connectivity index (χ1) is 14.9. The maximum Gasteiger partial charge on any atom is 0.309 e. The SMILES string of the molecule is CCOC(=O)C1CCN(c2nc3ccccn3c(=O)c2/C=C2\SC(=S)N(C)C2=O)CC1. The summed E-state index contributed by atoms with van der Waals surface area (Å²) >= 11 is 6.38. The van der Waals surface area contributed by atoms with E-state index in [4.69, 9.17) is 21.9 Å². The molecule has 8 nitrogen and oxygen atoms in total. The Bertz CT molecular complexity index is 1150. The van der Waals surface area contributed by atoms with E-state index in [0.29, 0.717) is 58.8 Å². The normalized spacial score (nSPS) is 19.0. The zero-order valence-electron chi connectivity index (χ0n) is 17.2. The smallest absolute Gasteiger partial charge is 0.309 e. The summed E-state index contributed by atoms with van der Waals surface area (Å²) in [5, 5.41) is 0. The third kappa shape index (κ3) is 4.09. The Hall–Kier alpha value is -2.72. The lowest BCUT2D eigenvalue weighted by Gasteiger charge is -2.32. The minimum Gasteiger partial charge on any atom is -0.466 e. The molecule has 0 aromatic carbocycles. The van der Waals surface area contributed by atoms with Crippen LogP contribution in [-0.4, -0.2) is 57.2 Å². The first kappa shape index (κ1) is 21.5. The number of nitrogens with zero attached hydrogens (tertiary/aromatic N) is 4. The molecule has 2 saturated heterocycles. The molecule has 0 saturated carbocycles. The van der Waals surface area contributed by atoms with E-state index in [1.165, 1.54) is 21.1 Å². The summed E-state index contributed by atoms with van der Waals surface area (Å²) in [5.74, 6) is -0.0579. The van der Waals surface area contributed by atoms with Gasteiger partial charge in [0.1, 0.15) is 15.8 Å². The Morgan fingerprint density at radius 3 is 2.71 bits per heavy atom. The van der Waals surface area contributed by atoms with Gasteiger partial charge in [0.05, 0.1) is 23.0 Å². The fourth-order valence-electron chi connectivity index (χ4n) is 3.72. The summed E-state index contributed by atoms with van der Waals surface area (Å²) in [4.78, 5) is 46.4. The van der Waals surface area contributed by atoms with Gasteiger partial charge in [0.15, 0.2) is 0 Å². The van der Waals surface area contributed by atoms with Crippen LogP contribution in [-0.2, 0) is 14.3 Å². The van der Waals surface area contributed by atoms with Gasteiger partial charge in [-0.25, -0.2) is 4.98 Å². The molecule has 0 radical (unpaired) electrons. The molecule has 0 unspecified atom stereocenters. The average Bonchev–Trinajstić information content (AvgIpc) is 3.02. The molecule has 2 aliphatic heterocycles. The molecule has 4 rings (SSSR count). The lowest BCUT2D eigenvalue weighted by atomic mass is 9.96. The van der Waals surface area contributed by atoms with Crippen LogP contribution in [0, 0.1) is 5.92 Å². The molecule has 0 atom stereocenters. The van der Waals surface area contributed by atoms with Gasteiger partial charge in [0.25, 0.3) is 11.5 Å². The van der Waals surface area contributed by atoms with Crippen molar-refractivity contribution >= 4 is 57.7 Å². The van der Waals surface area contributed by atoms with Crippen LogP contribution in [0.1, 0.15) is 25.3 Å². The number of hydrogen-bond donors (Lipinski definition) is 0. The molecule has 0 aliphatic carbocycles. The lowest BCUT2D eigenvalue weighted by molar-refractivity contribution is -0.148. The molecule has 2 aromatic rings. The van der Waals surface area contributed by atoms with Crippen molar-refractivity contribution < 1.29 is 14.3 Å². The van der Waals surface area contributed by atoms with Gasteiger partial charge in [-0.2, -0.15) is 0 Å². The molecule has 0 spiro atoms. The highest BCUT2D eigenvalue weighted by molar-refractivity contribution is 8.26. The molecule has 4 heterocycles. The first-order valence-corrected chi connectivity index (χ1v) is 11.3. The number of thiocarbonyl (C=S) groups is 1. The summed E-state index contributed by atoms with van der Waals surface area (Å²) in [5.41, 5.74) is 0.608. The third-order valence-electron chi connectivity index (χ3n) is 5.43. The maximum absolute atomic E-state index is 13.3. The minimum absolute atomic E-state index is 0.155. The third-order valence-corrected chi connectivity index (χ3v) is 6.91. The number of esters is 1. The number of piperidine rings is 1. The van der Waals surface area contributed by atoms with Crippen molar-refractivity contribution in [1.29, 1.82) is 0 Å². The molecule has 31 heavy (non-hydrogen) atoms. The van der Waals surface area contributed by atoms with Crippen LogP contribution in [0.15, 0.2) is 34.1 Å².